The molecular formula is C18Cl3F37Si. The number of rotatable bonds is 17. The lowest BCUT2D eigenvalue weighted by Crippen LogP contribution is -2.80. The Morgan fingerprint density at radius 1 is 0.169 bits per heavy atom. The number of halogens is 40. The monoisotopic (exact) mass is 1050 g/mol. The fourth-order valence-corrected chi connectivity index (χ4v) is 4.89. The van der Waals surface area contributed by atoms with Crippen molar-refractivity contribution in [1.82, 2.24) is 0 Å². The maximum Gasteiger partial charge on any atom is 0.460 e. The summed E-state index contributed by atoms with van der Waals surface area (Å²) < 4.78 is 502. The van der Waals surface area contributed by atoms with Gasteiger partial charge in [-0.3, -0.25) is 0 Å². The fraction of sp³-hybridized carbons (Fsp3) is 1.00. The van der Waals surface area contributed by atoms with E-state index >= 15 is 0 Å². The van der Waals surface area contributed by atoms with E-state index in [2.05, 4.69) is 33.2 Å². The third-order valence-corrected chi connectivity index (χ3v) is 10.2. The molecule has 0 amide bonds. The highest BCUT2D eigenvalue weighted by atomic mass is 35.8. The van der Waals surface area contributed by atoms with Gasteiger partial charge in [0.2, 0.25) is 0 Å². The lowest BCUT2D eigenvalue weighted by atomic mass is 9.82. The van der Waals surface area contributed by atoms with E-state index in [-0.39, 0.29) is 0 Å². The van der Waals surface area contributed by atoms with Gasteiger partial charge in [-0.15, -0.1) is 33.2 Å². The van der Waals surface area contributed by atoms with Crippen LogP contribution in [0.1, 0.15) is 0 Å². The third kappa shape index (κ3) is 6.51. The Hall–Kier alpha value is -1.50. The van der Waals surface area contributed by atoms with Crippen LogP contribution in [0, 0.1) is 0 Å². The molecule has 0 aromatic rings. The van der Waals surface area contributed by atoms with Gasteiger partial charge in [-0.05, 0) is 0 Å². The summed E-state index contributed by atoms with van der Waals surface area (Å²) in [5, 5.41) is 0. The minimum absolute atomic E-state index is 4.10. The molecule has 0 N–H and O–H groups in total. The minimum Gasteiger partial charge on any atom is -0.200 e. The zero-order valence-electron chi connectivity index (χ0n) is 24.6. The van der Waals surface area contributed by atoms with Crippen LogP contribution in [0.3, 0.4) is 0 Å². The van der Waals surface area contributed by atoms with Crippen LogP contribution in [-0.4, -0.2) is 112 Å². The van der Waals surface area contributed by atoms with Crippen molar-refractivity contribution < 1.29 is 162 Å². The topological polar surface area (TPSA) is 0 Å². The molecule has 0 bridgehead atoms. The van der Waals surface area contributed by atoms with Crippen molar-refractivity contribution in [2.75, 3.05) is 0 Å². The van der Waals surface area contributed by atoms with E-state index < -0.39 is 112 Å². The molecule has 0 heterocycles. The third-order valence-electron chi connectivity index (χ3n) is 7.02. The second-order valence-electron chi connectivity index (χ2n) is 10.8. The van der Waals surface area contributed by atoms with Gasteiger partial charge in [-0.2, -0.15) is 162 Å². The molecule has 0 unspecified atom stereocenters. The Kier molecular flexibility index (Phi) is 13.4. The number of hydrogen-bond acceptors (Lipinski definition) is 0. The van der Waals surface area contributed by atoms with Crippen molar-refractivity contribution in [2.24, 2.45) is 0 Å². The molecule has 41 heteroatoms. The van der Waals surface area contributed by atoms with Gasteiger partial charge in [0.15, 0.2) is 0 Å². The van der Waals surface area contributed by atoms with Crippen LogP contribution >= 0.6 is 33.2 Å². The number of alkyl halides is 37. The maximum atomic E-state index is 13.9. The van der Waals surface area contributed by atoms with E-state index in [1.807, 2.05) is 0 Å². The van der Waals surface area contributed by atoms with Crippen LogP contribution in [0.4, 0.5) is 162 Å². The summed E-state index contributed by atoms with van der Waals surface area (Å²) in [5.41, 5.74) is -7.60. The van der Waals surface area contributed by atoms with E-state index in [1.54, 1.807) is 0 Å². The Morgan fingerprint density at radius 2 is 0.271 bits per heavy atom. The molecule has 0 aromatic carbocycles. The van der Waals surface area contributed by atoms with Crippen molar-refractivity contribution in [2.45, 2.75) is 106 Å². The second kappa shape index (κ2) is 13.7. The smallest absolute Gasteiger partial charge is 0.200 e. The summed E-state index contributed by atoms with van der Waals surface area (Å²) in [4.78, 5) is 0. The Morgan fingerprint density at radius 3 is 0.373 bits per heavy atom. The van der Waals surface area contributed by atoms with E-state index in [1.165, 1.54) is 0 Å². The first kappa shape index (κ1) is 57.5. The van der Waals surface area contributed by atoms with E-state index in [0.717, 1.165) is 0 Å². The van der Waals surface area contributed by atoms with Gasteiger partial charge in [0.05, 0.1) is 0 Å². The molecule has 0 radical (unpaired) electrons. The average molecular weight is 1050 g/mol. The van der Waals surface area contributed by atoms with E-state index in [9.17, 15) is 162 Å². The van der Waals surface area contributed by atoms with Gasteiger partial charge < -0.3 is 0 Å². The standard InChI is InChI=1S/C18Cl3F37Si/c19-59(20,21)18(57,58)16(52,53)14(48,49)12(44,45)10(40,41)8(36,37)6(32,33)4(28,29)2(24,25)1(22,23)3(26,27)5(30,31)7(34,35)9(38,39)11(42,43)13(46,47)15(50,51)17(54,55)56. The molecular weight excluding hydrogens is 1050 g/mol. The lowest BCUT2D eigenvalue weighted by molar-refractivity contribution is -0.493. The average Bonchev–Trinajstić information content (AvgIpc) is 2.98. The fourth-order valence-electron chi connectivity index (χ4n) is 3.31. The summed E-state index contributed by atoms with van der Waals surface area (Å²) in [5.74, 6) is -159. The summed E-state index contributed by atoms with van der Waals surface area (Å²) >= 11 is 12.3. The summed E-state index contributed by atoms with van der Waals surface area (Å²) in [7, 11) is 0. The second-order valence-corrected chi connectivity index (χ2v) is 19.2. The molecule has 0 spiro atoms. The van der Waals surface area contributed by atoms with Crippen LogP contribution in [0.5, 0.6) is 0 Å². The molecule has 0 aliphatic rings. The van der Waals surface area contributed by atoms with E-state index in [4.69, 9.17) is 0 Å². The molecule has 0 atom stereocenters. The van der Waals surface area contributed by atoms with Crippen LogP contribution in [0.2, 0.25) is 0 Å². The van der Waals surface area contributed by atoms with Gasteiger partial charge in [0, 0.05) is 0 Å². The Balaban J connectivity index is 7.92. The van der Waals surface area contributed by atoms with Crippen molar-refractivity contribution >= 4 is 39.2 Å². The van der Waals surface area contributed by atoms with Gasteiger partial charge in [-0.1, -0.05) is 0 Å². The van der Waals surface area contributed by atoms with Crippen LogP contribution in [0.15, 0.2) is 0 Å². The first-order chi connectivity index (χ1) is 24.5. The Bertz CT molecular complexity index is 1430. The van der Waals surface area contributed by atoms with Crippen LogP contribution in [-0.2, 0) is 0 Å². The summed E-state index contributed by atoms with van der Waals surface area (Å²) in [6.07, 6.45) is -8.47. The minimum atomic E-state index is -10.5. The number of hydrogen-bond donors (Lipinski definition) is 0. The van der Waals surface area contributed by atoms with Crippen LogP contribution in [0.25, 0.3) is 0 Å². The zero-order chi connectivity index (χ0) is 49.5. The zero-order valence-corrected chi connectivity index (χ0v) is 27.9. The van der Waals surface area contributed by atoms with Crippen molar-refractivity contribution in [1.29, 1.82) is 0 Å². The Labute approximate surface area is 308 Å². The SMILES string of the molecule is FC(F)(F)C(F)(F)C(F)(F)C(F)(F)C(F)(F)C(F)(F)C(F)(F)C(F)(F)C(F)(F)C(F)(F)C(F)(F)C(F)(F)C(F)(F)C(F)(F)C(F)(F)C(F)(F)C(F)(F)C(F)(F)[Si](Cl)(Cl)Cl. The molecule has 0 aliphatic heterocycles. The maximum absolute atomic E-state index is 13.9. The van der Waals surface area contributed by atoms with Gasteiger partial charge in [-0.25, -0.2) is 0 Å². The molecule has 0 aromatic heterocycles. The normalized spacial score (nSPS) is 17.5. The van der Waals surface area contributed by atoms with Crippen LogP contribution < -0.4 is 0 Å². The summed E-state index contributed by atoms with van der Waals surface area (Å²) in [6, 6.07) is -7.27. The quantitative estimate of drug-likeness (QED) is 0.0774. The van der Waals surface area contributed by atoms with Crippen molar-refractivity contribution in [3.63, 3.8) is 0 Å². The molecule has 0 saturated heterocycles. The predicted octanol–water partition coefficient (Wildman–Crippen LogP) is 13.5. The molecule has 59 heavy (non-hydrogen) atoms. The molecule has 0 saturated carbocycles. The lowest BCUT2D eigenvalue weighted by Gasteiger charge is -2.47. The molecule has 356 valence electrons. The van der Waals surface area contributed by atoms with Crippen molar-refractivity contribution in [3.05, 3.63) is 0 Å². The largest absolute Gasteiger partial charge is 0.460 e. The highest BCUT2D eigenvalue weighted by Crippen LogP contribution is 2.71. The molecule has 0 fully saturated rings. The first-order valence-electron chi connectivity index (χ1n) is 12.1. The van der Waals surface area contributed by atoms with Gasteiger partial charge in [0.25, 0.3) is 0 Å². The van der Waals surface area contributed by atoms with Crippen molar-refractivity contribution in [3.8, 4) is 0 Å². The van der Waals surface area contributed by atoms with Gasteiger partial charge >= 0.3 is 112 Å². The predicted molar refractivity (Wildman–Crippen MR) is 113 cm³/mol. The highest BCUT2D eigenvalue weighted by Gasteiger charge is 3.03. The first-order valence-corrected chi connectivity index (χ1v) is 17.1. The highest BCUT2D eigenvalue weighted by molar-refractivity contribution is 7.65. The summed E-state index contributed by atoms with van der Waals surface area (Å²) in [6.45, 7) is 0. The molecule has 0 aliphatic carbocycles. The van der Waals surface area contributed by atoms with E-state index in [0.29, 0.717) is 0 Å². The van der Waals surface area contributed by atoms with Gasteiger partial charge in [0.1, 0.15) is 0 Å². The molecule has 0 rings (SSSR count). The molecule has 0 nitrogen and oxygen atoms in total.